The number of likely N-dealkylation sites (tertiary alicyclic amines) is 1. The highest BCUT2D eigenvalue weighted by Crippen LogP contribution is 2.29. The van der Waals surface area contributed by atoms with Gasteiger partial charge in [0.1, 0.15) is 17.5 Å². The standard InChI is InChI=1S/C45H63FN8O6/c1-45(2,3)60-44(59)49-40(33-9-5-4-6-10-33)43(58)54-21-19-51(20-22-54)29-31-15-17-50(18-16-31)30-39(55)52-23-25-53(26-24-52)42(57)36-27-32(13-14-37(36)46)28-38(47)34-11-7-8-12-35(34)41(48)56/h7-8,11-14,27,31,33,40,47H,4-6,9-10,15-26,28-30H2,1-3H3,(H2,48,56)(H,49,59)/t40-/m1/s1. The third-order valence-electron chi connectivity index (χ3n) is 12.4. The number of rotatable bonds is 12. The molecule has 3 aliphatic heterocycles. The van der Waals surface area contributed by atoms with Crippen LogP contribution in [-0.4, -0.2) is 150 Å². The lowest BCUT2D eigenvalue weighted by atomic mass is 9.83. The Bertz CT molecular complexity index is 1870. The zero-order valence-corrected chi connectivity index (χ0v) is 35.6. The van der Waals surface area contributed by atoms with E-state index in [0.29, 0.717) is 62.9 Å². The van der Waals surface area contributed by atoms with E-state index in [2.05, 4.69) is 15.1 Å². The van der Waals surface area contributed by atoms with Crippen LogP contribution in [0.15, 0.2) is 42.5 Å². The number of primary amides is 1. The van der Waals surface area contributed by atoms with E-state index in [1.165, 1.54) is 18.2 Å². The lowest BCUT2D eigenvalue weighted by molar-refractivity contribution is -0.137. The number of alkyl carbamates (subject to hydrolysis) is 1. The molecule has 15 heteroatoms. The van der Waals surface area contributed by atoms with E-state index in [1.807, 2.05) is 25.7 Å². The molecule has 1 atom stereocenters. The average Bonchev–Trinajstić information content (AvgIpc) is 3.23. The largest absolute Gasteiger partial charge is 0.444 e. The van der Waals surface area contributed by atoms with E-state index in [-0.39, 0.29) is 41.0 Å². The first kappa shape index (κ1) is 44.7. The fourth-order valence-corrected chi connectivity index (χ4v) is 9.05. The molecule has 0 radical (unpaired) electrons. The summed E-state index contributed by atoms with van der Waals surface area (Å²) in [6.07, 6.45) is 6.69. The van der Waals surface area contributed by atoms with Gasteiger partial charge in [-0.3, -0.25) is 29.0 Å². The van der Waals surface area contributed by atoms with E-state index in [0.717, 1.165) is 77.7 Å². The monoisotopic (exact) mass is 830 g/mol. The summed E-state index contributed by atoms with van der Waals surface area (Å²) in [5.41, 5.74) is 6.07. The van der Waals surface area contributed by atoms with Crippen molar-refractivity contribution in [1.82, 2.24) is 29.8 Å². The third kappa shape index (κ3) is 11.9. The molecule has 1 aliphatic carbocycles. The molecule has 60 heavy (non-hydrogen) atoms. The molecule has 14 nitrogen and oxygen atoms in total. The molecule has 4 fully saturated rings. The summed E-state index contributed by atoms with van der Waals surface area (Å²) in [5.74, 6) is -1.10. The second-order valence-electron chi connectivity index (χ2n) is 17.9. The van der Waals surface area contributed by atoms with Crippen LogP contribution in [0.4, 0.5) is 9.18 Å². The van der Waals surface area contributed by atoms with Crippen molar-refractivity contribution in [2.24, 2.45) is 17.6 Å². The Labute approximate surface area is 353 Å². The quantitative estimate of drug-likeness (QED) is 0.268. The van der Waals surface area contributed by atoms with Gasteiger partial charge < -0.3 is 35.9 Å². The van der Waals surface area contributed by atoms with Gasteiger partial charge in [0.05, 0.1) is 12.1 Å². The van der Waals surface area contributed by atoms with E-state index in [4.69, 9.17) is 15.9 Å². The molecule has 3 heterocycles. The minimum absolute atomic E-state index is 0.00145. The van der Waals surface area contributed by atoms with Crippen LogP contribution in [0, 0.1) is 23.1 Å². The number of piperazine rings is 2. The molecule has 3 saturated heterocycles. The molecule has 0 spiro atoms. The van der Waals surface area contributed by atoms with Crippen LogP contribution < -0.4 is 11.1 Å². The molecule has 1 saturated carbocycles. The fourth-order valence-electron chi connectivity index (χ4n) is 9.05. The highest BCUT2D eigenvalue weighted by atomic mass is 19.1. The van der Waals surface area contributed by atoms with Crippen molar-refractivity contribution in [2.75, 3.05) is 78.5 Å². The van der Waals surface area contributed by atoms with Crippen molar-refractivity contribution in [3.8, 4) is 0 Å². The number of nitrogens with zero attached hydrogens (tertiary/aromatic N) is 5. The number of piperidine rings is 1. The van der Waals surface area contributed by atoms with Crippen molar-refractivity contribution >= 4 is 35.4 Å². The average molecular weight is 831 g/mol. The maximum atomic E-state index is 15.0. The van der Waals surface area contributed by atoms with Gasteiger partial charge in [-0.1, -0.05) is 43.5 Å². The number of benzene rings is 2. The molecule has 2 aromatic rings. The van der Waals surface area contributed by atoms with Gasteiger partial charge in [0.25, 0.3) is 5.91 Å². The first-order valence-corrected chi connectivity index (χ1v) is 21.7. The Hall–Kier alpha value is -4.89. The van der Waals surface area contributed by atoms with Crippen LogP contribution in [0.3, 0.4) is 0 Å². The Morgan fingerprint density at radius 2 is 1.40 bits per heavy atom. The normalized spacial score (nSPS) is 19.4. The van der Waals surface area contributed by atoms with Crippen molar-refractivity contribution in [3.05, 3.63) is 70.5 Å². The lowest BCUT2D eigenvalue weighted by Crippen LogP contribution is -2.58. The summed E-state index contributed by atoms with van der Waals surface area (Å²) >= 11 is 0. The molecular weight excluding hydrogens is 768 g/mol. The number of nitrogens with two attached hydrogens (primary N) is 1. The summed E-state index contributed by atoms with van der Waals surface area (Å²) in [7, 11) is 0. The van der Waals surface area contributed by atoms with Gasteiger partial charge in [-0.05, 0) is 95.1 Å². The summed E-state index contributed by atoms with van der Waals surface area (Å²) in [6.45, 7) is 12.6. The van der Waals surface area contributed by atoms with E-state index < -0.39 is 35.4 Å². The zero-order valence-electron chi connectivity index (χ0n) is 35.6. The maximum Gasteiger partial charge on any atom is 0.408 e. The SMILES string of the molecule is CC(C)(C)OC(=O)N[C@@H](C(=O)N1CCN(CC2CCN(CC(=O)N3CCN(C(=O)c4cc(CC(=N)c5ccccc5C(N)=O)ccc4F)CC3)CC2)CC1)C1CCCCC1. The minimum Gasteiger partial charge on any atom is -0.444 e. The molecule has 326 valence electrons. The number of hydrogen-bond donors (Lipinski definition) is 3. The van der Waals surface area contributed by atoms with Crippen LogP contribution in [-0.2, 0) is 20.7 Å². The predicted octanol–water partition coefficient (Wildman–Crippen LogP) is 4.15. The van der Waals surface area contributed by atoms with Crippen LogP contribution in [0.25, 0.3) is 0 Å². The van der Waals surface area contributed by atoms with E-state index in [1.54, 1.807) is 34.1 Å². The Morgan fingerprint density at radius 1 is 0.783 bits per heavy atom. The number of hydrogen-bond acceptors (Lipinski definition) is 9. The Kier molecular flexibility index (Phi) is 15.0. The highest BCUT2D eigenvalue weighted by molar-refractivity contribution is 6.09. The fraction of sp³-hybridized carbons (Fsp3) is 0.600. The van der Waals surface area contributed by atoms with Gasteiger partial charge in [0, 0.05) is 82.2 Å². The lowest BCUT2D eigenvalue weighted by Gasteiger charge is -2.41. The summed E-state index contributed by atoms with van der Waals surface area (Å²) in [6, 6.07) is 10.2. The number of nitrogens with one attached hydrogen (secondary N) is 2. The second-order valence-corrected chi connectivity index (χ2v) is 17.9. The van der Waals surface area contributed by atoms with Crippen LogP contribution in [0.1, 0.15) is 97.6 Å². The summed E-state index contributed by atoms with van der Waals surface area (Å²) < 4.78 is 20.5. The van der Waals surface area contributed by atoms with Crippen molar-refractivity contribution in [1.29, 1.82) is 5.41 Å². The van der Waals surface area contributed by atoms with Crippen molar-refractivity contribution in [2.45, 2.75) is 83.8 Å². The second kappa shape index (κ2) is 20.1. The third-order valence-corrected chi connectivity index (χ3v) is 12.4. The van der Waals surface area contributed by atoms with Gasteiger partial charge in [-0.2, -0.15) is 0 Å². The highest BCUT2D eigenvalue weighted by Gasteiger charge is 2.37. The Morgan fingerprint density at radius 3 is 2.03 bits per heavy atom. The first-order valence-electron chi connectivity index (χ1n) is 21.7. The molecule has 0 unspecified atom stereocenters. The number of carbonyl (C=O) groups excluding carboxylic acids is 5. The number of amides is 5. The van der Waals surface area contributed by atoms with Crippen LogP contribution >= 0.6 is 0 Å². The van der Waals surface area contributed by atoms with Crippen LogP contribution in [0.5, 0.6) is 0 Å². The molecule has 6 rings (SSSR count). The van der Waals surface area contributed by atoms with E-state index in [9.17, 15) is 28.4 Å². The van der Waals surface area contributed by atoms with Gasteiger partial charge in [-0.25, -0.2) is 9.18 Å². The molecule has 4 aliphatic rings. The smallest absolute Gasteiger partial charge is 0.408 e. The van der Waals surface area contributed by atoms with Gasteiger partial charge in [-0.15, -0.1) is 0 Å². The number of halogens is 1. The molecule has 5 amide bonds. The first-order chi connectivity index (χ1) is 28.6. The Balaban J connectivity index is 0.909. The summed E-state index contributed by atoms with van der Waals surface area (Å²) in [5, 5.41) is 11.5. The van der Waals surface area contributed by atoms with Crippen molar-refractivity contribution in [3.63, 3.8) is 0 Å². The summed E-state index contributed by atoms with van der Waals surface area (Å²) in [4.78, 5) is 75.1. The molecule has 0 bridgehead atoms. The molecular formula is C45H63FN8O6. The van der Waals surface area contributed by atoms with Gasteiger partial charge >= 0.3 is 6.09 Å². The number of ether oxygens (including phenoxy) is 1. The zero-order chi connectivity index (χ0) is 43.0. The molecule has 0 aromatic heterocycles. The minimum atomic E-state index is -0.653. The number of carbonyl (C=O) groups is 5. The molecule has 2 aromatic carbocycles. The topological polar surface area (TPSA) is 173 Å². The van der Waals surface area contributed by atoms with Gasteiger partial charge in [0.15, 0.2) is 0 Å². The van der Waals surface area contributed by atoms with Crippen LogP contribution in [0.2, 0.25) is 0 Å². The molecule has 4 N–H and O–H groups in total. The van der Waals surface area contributed by atoms with E-state index >= 15 is 0 Å². The van der Waals surface area contributed by atoms with Crippen molar-refractivity contribution < 1.29 is 33.1 Å². The predicted molar refractivity (Wildman–Crippen MR) is 226 cm³/mol. The maximum absolute atomic E-state index is 15.0. The van der Waals surface area contributed by atoms with Gasteiger partial charge in [0.2, 0.25) is 17.7 Å².